The van der Waals surface area contributed by atoms with Crippen LogP contribution in [0.3, 0.4) is 0 Å². The second-order valence-electron chi connectivity index (χ2n) is 10.2. The van der Waals surface area contributed by atoms with Crippen molar-refractivity contribution in [3.63, 3.8) is 0 Å². The van der Waals surface area contributed by atoms with Crippen LogP contribution in [0.4, 0.5) is 13.2 Å². The highest BCUT2D eigenvalue weighted by Crippen LogP contribution is 2.49. The maximum absolute atomic E-state index is 13.8. The Hall–Kier alpha value is -2.54. The molecule has 12 nitrogen and oxygen atoms in total. The molecular formula is C24H27F3N4O8S2. The number of hydrogen-bond donors (Lipinski definition) is 4. The SMILES string of the molecule is Cc1conc1C(S[C@@H]1O[C@H](CO)[C@H](O)[C@H](n2cc(-c3cc(F)c(F)c(F)c3)nn2)[C@H]1O)C1(O)CCS(=O)(=O)CC1. The second kappa shape index (κ2) is 11.3. The van der Waals surface area contributed by atoms with E-state index in [-0.39, 0.29) is 35.6 Å². The highest BCUT2D eigenvalue weighted by atomic mass is 32.2. The Balaban J connectivity index is 1.47. The summed E-state index contributed by atoms with van der Waals surface area (Å²) < 4.78 is 77.1. The van der Waals surface area contributed by atoms with Crippen LogP contribution >= 0.6 is 11.8 Å². The second-order valence-corrected chi connectivity index (χ2v) is 13.7. The van der Waals surface area contributed by atoms with Crippen molar-refractivity contribution in [2.75, 3.05) is 18.1 Å². The topological polar surface area (TPSA) is 181 Å². The van der Waals surface area contributed by atoms with Crippen LogP contribution in [-0.4, -0.2) is 96.5 Å². The number of hydrogen-bond acceptors (Lipinski definition) is 12. The number of rotatable bonds is 7. The number of thioether (sulfide) groups is 1. The summed E-state index contributed by atoms with van der Waals surface area (Å²) in [7, 11) is -3.35. The fourth-order valence-electron chi connectivity index (χ4n) is 5.03. The van der Waals surface area contributed by atoms with Crippen LogP contribution < -0.4 is 0 Å². The number of benzene rings is 1. The van der Waals surface area contributed by atoms with Crippen molar-refractivity contribution in [3.05, 3.63) is 53.3 Å². The van der Waals surface area contributed by atoms with Crippen LogP contribution in [0.15, 0.2) is 29.1 Å². The molecule has 2 fully saturated rings. The van der Waals surface area contributed by atoms with Crippen LogP contribution in [0.1, 0.15) is 35.4 Å². The Morgan fingerprint density at radius 3 is 2.41 bits per heavy atom. The minimum Gasteiger partial charge on any atom is -0.394 e. The van der Waals surface area contributed by atoms with Crippen molar-refractivity contribution < 1.29 is 51.3 Å². The van der Waals surface area contributed by atoms with E-state index in [1.807, 2.05) is 0 Å². The largest absolute Gasteiger partial charge is 0.394 e. The molecule has 0 amide bonds. The zero-order valence-corrected chi connectivity index (χ0v) is 23.1. The molecular weight excluding hydrogens is 593 g/mol. The van der Waals surface area contributed by atoms with Crippen molar-refractivity contribution in [1.29, 1.82) is 0 Å². The van der Waals surface area contributed by atoms with E-state index in [0.29, 0.717) is 23.4 Å². The van der Waals surface area contributed by atoms with E-state index in [4.69, 9.17) is 9.26 Å². The number of ether oxygens (including phenoxy) is 1. The molecule has 4 N–H and O–H groups in total. The maximum Gasteiger partial charge on any atom is 0.194 e. The van der Waals surface area contributed by atoms with Gasteiger partial charge in [0, 0.05) is 11.1 Å². The van der Waals surface area contributed by atoms with Gasteiger partial charge in [-0.15, -0.1) is 16.9 Å². The van der Waals surface area contributed by atoms with Crippen LogP contribution in [0, 0.1) is 24.4 Å². The molecule has 1 aromatic carbocycles. The van der Waals surface area contributed by atoms with Crippen LogP contribution in [0.25, 0.3) is 11.3 Å². The summed E-state index contributed by atoms with van der Waals surface area (Å²) in [4.78, 5) is 0. The highest BCUT2D eigenvalue weighted by Gasteiger charge is 2.51. The molecule has 2 aromatic heterocycles. The average molecular weight is 621 g/mol. The molecule has 0 spiro atoms. The number of sulfone groups is 1. The number of nitrogens with zero attached hydrogens (tertiary/aromatic N) is 4. The first kappa shape index (κ1) is 29.9. The molecule has 1 unspecified atom stereocenters. The van der Waals surface area contributed by atoms with Gasteiger partial charge in [-0.05, 0) is 31.9 Å². The molecule has 6 atom stereocenters. The summed E-state index contributed by atoms with van der Waals surface area (Å²) in [6.07, 6.45) is -2.02. The number of aromatic nitrogens is 4. The van der Waals surface area contributed by atoms with Gasteiger partial charge in [-0.3, -0.25) is 0 Å². The number of aryl methyl sites for hydroxylation is 1. The van der Waals surface area contributed by atoms with E-state index >= 15 is 0 Å². The molecule has 4 heterocycles. The lowest BCUT2D eigenvalue weighted by Gasteiger charge is -2.45. The lowest BCUT2D eigenvalue weighted by molar-refractivity contribution is -0.179. The van der Waals surface area contributed by atoms with Gasteiger partial charge in [0.05, 0.1) is 35.2 Å². The third-order valence-electron chi connectivity index (χ3n) is 7.43. The first-order chi connectivity index (χ1) is 19.3. The lowest BCUT2D eigenvalue weighted by atomic mass is 9.89. The molecule has 2 saturated heterocycles. The highest BCUT2D eigenvalue weighted by molar-refractivity contribution is 8.00. The van der Waals surface area contributed by atoms with Crippen LogP contribution in [0.2, 0.25) is 0 Å². The van der Waals surface area contributed by atoms with Gasteiger partial charge in [-0.25, -0.2) is 26.3 Å². The normalized spacial score (nSPS) is 28.4. The lowest BCUT2D eigenvalue weighted by Crippen LogP contribution is -2.55. The van der Waals surface area contributed by atoms with E-state index < -0.39 is 74.5 Å². The predicted octanol–water partition coefficient (Wildman–Crippen LogP) is 1.05. The van der Waals surface area contributed by atoms with Gasteiger partial charge in [0.25, 0.3) is 0 Å². The summed E-state index contributed by atoms with van der Waals surface area (Å²) >= 11 is 0.915. The van der Waals surface area contributed by atoms with Gasteiger partial charge in [0.1, 0.15) is 47.4 Å². The van der Waals surface area contributed by atoms with Crippen molar-refractivity contribution >= 4 is 21.6 Å². The smallest absolute Gasteiger partial charge is 0.194 e. The fraction of sp³-hybridized carbons (Fsp3) is 0.542. The molecule has 17 heteroatoms. The Morgan fingerprint density at radius 2 is 1.83 bits per heavy atom. The van der Waals surface area contributed by atoms with E-state index in [0.717, 1.165) is 16.4 Å². The van der Waals surface area contributed by atoms with Crippen molar-refractivity contribution in [2.24, 2.45) is 0 Å². The van der Waals surface area contributed by atoms with Crippen molar-refractivity contribution in [3.8, 4) is 11.3 Å². The quantitative estimate of drug-likeness (QED) is 0.276. The summed E-state index contributed by atoms with van der Waals surface area (Å²) in [6, 6.07) is 0.138. The van der Waals surface area contributed by atoms with Gasteiger partial charge >= 0.3 is 0 Å². The number of aliphatic hydroxyl groups excluding tert-OH is 3. The summed E-state index contributed by atoms with van der Waals surface area (Å²) in [5, 5.41) is 54.6. The molecule has 3 aromatic rings. The van der Waals surface area contributed by atoms with E-state index in [1.54, 1.807) is 6.92 Å². The minimum atomic E-state index is -3.35. The zero-order valence-electron chi connectivity index (χ0n) is 21.5. The summed E-state index contributed by atoms with van der Waals surface area (Å²) in [5.74, 6) is -5.08. The molecule has 41 heavy (non-hydrogen) atoms. The van der Waals surface area contributed by atoms with Crippen LogP contribution in [-0.2, 0) is 14.6 Å². The zero-order chi connectivity index (χ0) is 29.7. The molecule has 0 radical (unpaired) electrons. The number of halogens is 3. The Morgan fingerprint density at radius 1 is 1.17 bits per heavy atom. The number of aliphatic hydroxyl groups is 4. The van der Waals surface area contributed by atoms with Crippen molar-refractivity contribution in [1.82, 2.24) is 20.2 Å². The monoisotopic (exact) mass is 620 g/mol. The molecule has 2 aliphatic rings. The molecule has 224 valence electrons. The first-order valence-electron chi connectivity index (χ1n) is 12.5. The third-order valence-corrected chi connectivity index (χ3v) is 10.7. The Bertz CT molecular complexity index is 1480. The summed E-state index contributed by atoms with van der Waals surface area (Å²) in [5.41, 5.74) is -2.18. The minimum absolute atomic E-state index is 0.0905. The molecule has 0 bridgehead atoms. The van der Waals surface area contributed by atoms with E-state index in [1.165, 1.54) is 12.5 Å². The predicted molar refractivity (Wildman–Crippen MR) is 137 cm³/mol. The van der Waals surface area contributed by atoms with Gasteiger partial charge in [0.15, 0.2) is 27.3 Å². The van der Waals surface area contributed by atoms with Crippen LogP contribution in [0.5, 0.6) is 0 Å². The average Bonchev–Trinajstić information content (AvgIpc) is 3.58. The van der Waals surface area contributed by atoms with E-state index in [2.05, 4.69) is 15.5 Å². The molecule has 0 saturated carbocycles. The molecule has 0 aliphatic carbocycles. The third kappa shape index (κ3) is 5.76. The Labute approximate surface area is 236 Å². The fourth-order valence-corrected chi connectivity index (χ4v) is 8.21. The van der Waals surface area contributed by atoms with E-state index in [9.17, 15) is 42.0 Å². The van der Waals surface area contributed by atoms with Gasteiger partial charge < -0.3 is 29.7 Å². The van der Waals surface area contributed by atoms with Gasteiger partial charge in [0.2, 0.25) is 0 Å². The molecule has 2 aliphatic heterocycles. The standard InChI is InChI=1S/C24H27F3N4O8S2/c1-11-10-38-29-18(11)22(24(35)2-4-41(36,37)5-3-24)40-23-21(34)19(20(33)16(9-32)39-23)31-8-15(28-30-31)12-6-13(25)17(27)14(26)7-12/h6-8,10,16,19-23,32-35H,2-5,9H2,1H3/t16-,19+,20+,21-,22?,23+/m1/s1. The van der Waals surface area contributed by atoms with Gasteiger partial charge in [-0.1, -0.05) is 10.4 Å². The first-order valence-corrected chi connectivity index (χ1v) is 15.3. The Kier molecular flexibility index (Phi) is 8.23. The van der Waals surface area contributed by atoms with Gasteiger partial charge in [-0.2, -0.15) is 0 Å². The summed E-state index contributed by atoms with van der Waals surface area (Å²) in [6.45, 7) is 1.01. The molecule has 5 rings (SSSR count). The maximum atomic E-state index is 13.8. The van der Waals surface area contributed by atoms with Crippen molar-refractivity contribution in [2.45, 2.75) is 60.4 Å².